The van der Waals surface area contributed by atoms with Gasteiger partial charge in [0.05, 0.1) is 30.5 Å². The Morgan fingerprint density at radius 2 is 1.83 bits per heavy atom. The Labute approximate surface area is 169 Å². The molecule has 6 nitrogen and oxygen atoms in total. The standard InChI is InChI=1S/C23H23N5O/c1-29-18-6-4-5-17(13-18)19-14-25-27-23(19)16-9-11-28(12-10-16)22-15-24-20-7-2-3-8-21(20)26-22/h2-8,13-16H,9-12H2,1H3,(H,25,27). The van der Waals surface area contributed by atoms with Crippen LogP contribution in [-0.4, -0.2) is 40.4 Å². The highest BCUT2D eigenvalue weighted by atomic mass is 16.5. The molecule has 1 aliphatic rings. The molecular formula is C23H23N5O. The largest absolute Gasteiger partial charge is 0.497 e. The van der Waals surface area contributed by atoms with Crippen LogP contribution >= 0.6 is 0 Å². The fourth-order valence-corrected chi connectivity index (χ4v) is 4.13. The maximum absolute atomic E-state index is 5.38. The summed E-state index contributed by atoms with van der Waals surface area (Å²) < 4.78 is 5.38. The van der Waals surface area contributed by atoms with E-state index >= 15 is 0 Å². The van der Waals surface area contributed by atoms with E-state index in [1.807, 2.05) is 48.8 Å². The molecule has 0 saturated carbocycles. The number of piperidine rings is 1. The number of methoxy groups -OCH3 is 1. The number of nitrogens with one attached hydrogen (secondary N) is 1. The van der Waals surface area contributed by atoms with Gasteiger partial charge in [-0.15, -0.1) is 0 Å². The lowest BCUT2D eigenvalue weighted by Gasteiger charge is -2.32. The van der Waals surface area contributed by atoms with Gasteiger partial charge < -0.3 is 9.64 Å². The van der Waals surface area contributed by atoms with E-state index in [0.29, 0.717) is 5.92 Å². The van der Waals surface area contributed by atoms with Crippen LogP contribution in [0.5, 0.6) is 5.75 Å². The molecule has 0 aliphatic carbocycles. The van der Waals surface area contributed by atoms with Gasteiger partial charge in [0.15, 0.2) is 0 Å². The van der Waals surface area contributed by atoms with E-state index in [1.54, 1.807) is 7.11 Å². The Kier molecular flexibility index (Phi) is 4.60. The van der Waals surface area contributed by atoms with E-state index < -0.39 is 0 Å². The number of aromatic nitrogens is 4. The number of aromatic amines is 1. The summed E-state index contributed by atoms with van der Waals surface area (Å²) in [7, 11) is 1.70. The molecule has 29 heavy (non-hydrogen) atoms. The first-order valence-electron chi connectivity index (χ1n) is 9.96. The van der Waals surface area contributed by atoms with Gasteiger partial charge in [-0.3, -0.25) is 10.1 Å². The van der Waals surface area contributed by atoms with Gasteiger partial charge >= 0.3 is 0 Å². The zero-order valence-corrected chi connectivity index (χ0v) is 16.4. The number of nitrogens with zero attached hydrogens (tertiary/aromatic N) is 4. The third-order valence-corrected chi connectivity index (χ3v) is 5.71. The minimum atomic E-state index is 0.448. The average molecular weight is 385 g/mol. The maximum Gasteiger partial charge on any atom is 0.147 e. The molecule has 0 bridgehead atoms. The van der Waals surface area contributed by atoms with Crippen molar-refractivity contribution in [1.82, 2.24) is 20.2 Å². The van der Waals surface area contributed by atoms with Gasteiger partial charge in [-0.25, -0.2) is 4.98 Å². The van der Waals surface area contributed by atoms with Crippen LogP contribution in [0.3, 0.4) is 0 Å². The summed E-state index contributed by atoms with van der Waals surface area (Å²) in [5, 5.41) is 7.59. The highest BCUT2D eigenvalue weighted by Crippen LogP contribution is 2.35. The third-order valence-electron chi connectivity index (χ3n) is 5.71. The minimum absolute atomic E-state index is 0.448. The molecule has 3 heterocycles. The summed E-state index contributed by atoms with van der Waals surface area (Å²) in [6.45, 7) is 1.91. The van der Waals surface area contributed by atoms with Crippen LogP contribution in [0.2, 0.25) is 0 Å². The van der Waals surface area contributed by atoms with Gasteiger partial charge in [-0.2, -0.15) is 5.10 Å². The molecule has 1 N–H and O–H groups in total. The van der Waals surface area contributed by atoms with Crippen LogP contribution in [0, 0.1) is 0 Å². The fourth-order valence-electron chi connectivity index (χ4n) is 4.13. The molecule has 0 unspecified atom stereocenters. The van der Waals surface area contributed by atoms with E-state index in [9.17, 15) is 0 Å². The van der Waals surface area contributed by atoms with E-state index in [4.69, 9.17) is 9.72 Å². The van der Waals surface area contributed by atoms with Crippen molar-refractivity contribution in [3.63, 3.8) is 0 Å². The lowest BCUT2D eigenvalue weighted by atomic mass is 9.89. The molecular weight excluding hydrogens is 362 g/mol. The normalized spacial score (nSPS) is 15.0. The Bertz CT molecular complexity index is 1130. The zero-order chi connectivity index (χ0) is 19.6. The predicted octanol–water partition coefficient (Wildman–Crippen LogP) is 4.41. The number of benzene rings is 2. The van der Waals surface area contributed by atoms with Crippen LogP contribution in [0.1, 0.15) is 24.5 Å². The summed E-state index contributed by atoms with van der Waals surface area (Å²) in [6.07, 6.45) is 5.91. The first-order chi connectivity index (χ1) is 14.3. The molecule has 1 saturated heterocycles. The number of anilines is 1. The Morgan fingerprint density at radius 1 is 1.00 bits per heavy atom. The first-order valence-corrected chi connectivity index (χ1v) is 9.96. The predicted molar refractivity (Wildman–Crippen MR) is 114 cm³/mol. The van der Waals surface area contributed by atoms with Crippen LogP contribution in [0.15, 0.2) is 60.9 Å². The van der Waals surface area contributed by atoms with Gasteiger partial charge in [-0.1, -0.05) is 24.3 Å². The van der Waals surface area contributed by atoms with Crippen molar-refractivity contribution in [2.24, 2.45) is 0 Å². The van der Waals surface area contributed by atoms with Crippen molar-refractivity contribution < 1.29 is 4.74 Å². The van der Waals surface area contributed by atoms with Gasteiger partial charge in [-0.05, 0) is 42.7 Å². The van der Waals surface area contributed by atoms with Gasteiger partial charge in [0.25, 0.3) is 0 Å². The van der Waals surface area contributed by atoms with Crippen LogP contribution in [0.4, 0.5) is 5.82 Å². The van der Waals surface area contributed by atoms with E-state index in [-0.39, 0.29) is 0 Å². The van der Waals surface area contributed by atoms with Crippen LogP contribution in [0.25, 0.3) is 22.2 Å². The van der Waals surface area contributed by atoms with Crippen LogP contribution in [-0.2, 0) is 0 Å². The van der Waals surface area contributed by atoms with E-state index in [2.05, 4.69) is 32.2 Å². The quantitative estimate of drug-likeness (QED) is 0.563. The molecule has 146 valence electrons. The highest BCUT2D eigenvalue weighted by molar-refractivity contribution is 5.75. The fraction of sp³-hybridized carbons (Fsp3) is 0.261. The van der Waals surface area contributed by atoms with Gasteiger partial charge in [0.1, 0.15) is 11.6 Å². The van der Waals surface area contributed by atoms with Crippen molar-refractivity contribution in [3.8, 4) is 16.9 Å². The molecule has 2 aromatic carbocycles. The number of rotatable bonds is 4. The molecule has 1 fully saturated rings. The lowest BCUT2D eigenvalue weighted by molar-refractivity contribution is 0.415. The molecule has 0 amide bonds. The first kappa shape index (κ1) is 17.7. The molecule has 0 atom stereocenters. The summed E-state index contributed by atoms with van der Waals surface area (Å²) in [5.41, 5.74) is 5.39. The molecule has 6 heteroatoms. The van der Waals surface area contributed by atoms with Gasteiger partial charge in [0.2, 0.25) is 0 Å². The Balaban J connectivity index is 1.34. The van der Waals surface area contributed by atoms with Crippen molar-refractivity contribution in [3.05, 3.63) is 66.6 Å². The average Bonchev–Trinajstić information content (AvgIpc) is 3.29. The number of para-hydroxylation sites is 2. The molecule has 0 spiro atoms. The van der Waals surface area contributed by atoms with Crippen LogP contribution < -0.4 is 9.64 Å². The summed E-state index contributed by atoms with van der Waals surface area (Å²) in [6, 6.07) is 16.2. The number of fused-ring (bicyclic) bond motifs is 1. The number of hydrogen-bond donors (Lipinski definition) is 1. The van der Waals surface area contributed by atoms with Crippen molar-refractivity contribution >= 4 is 16.9 Å². The van der Waals surface area contributed by atoms with Crippen molar-refractivity contribution in [1.29, 1.82) is 0 Å². The topological polar surface area (TPSA) is 66.9 Å². The van der Waals surface area contributed by atoms with E-state index in [1.165, 1.54) is 5.69 Å². The number of hydrogen-bond acceptors (Lipinski definition) is 5. The maximum atomic E-state index is 5.38. The minimum Gasteiger partial charge on any atom is -0.497 e. The van der Waals surface area contributed by atoms with E-state index in [0.717, 1.165) is 59.7 Å². The summed E-state index contributed by atoms with van der Waals surface area (Å²) in [4.78, 5) is 11.7. The highest BCUT2D eigenvalue weighted by Gasteiger charge is 2.25. The number of H-pyrrole nitrogens is 1. The van der Waals surface area contributed by atoms with Gasteiger partial charge in [0, 0.05) is 30.3 Å². The molecule has 5 rings (SSSR count). The molecule has 0 radical (unpaired) electrons. The second-order valence-electron chi connectivity index (χ2n) is 7.41. The monoisotopic (exact) mass is 385 g/mol. The van der Waals surface area contributed by atoms with Crippen molar-refractivity contribution in [2.75, 3.05) is 25.1 Å². The Morgan fingerprint density at radius 3 is 2.66 bits per heavy atom. The molecule has 4 aromatic rings. The van der Waals surface area contributed by atoms with Crippen molar-refractivity contribution in [2.45, 2.75) is 18.8 Å². The summed E-state index contributed by atoms with van der Waals surface area (Å²) >= 11 is 0. The smallest absolute Gasteiger partial charge is 0.147 e. The second kappa shape index (κ2) is 7.54. The second-order valence-corrected chi connectivity index (χ2v) is 7.41. The third kappa shape index (κ3) is 3.42. The SMILES string of the molecule is COc1cccc(-c2cn[nH]c2C2CCN(c3cnc4ccccc4n3)CC2)c1. The lowest BCUT2D eigenvalue weighted by Crippen LogP contribution is -2.33. The molecule has 2 aromatic heterocycles. The summed E-state index contributed by atoms with van der Waals surface area (Å²) in [5.74, 6) is 2.27. The zero-order valence-electron chi connectivity index (χ0n) is 16.4. The number of ether oxygens (including phenoxy) is 1. The molecule has 1 aliphatic heterocycles. The Hall–Kier alpha value is -3.41.